The van der Waals surface area contributed by atoms with Crippen molar-refractivity contribution in [1.29, 1.82) is 5.41 Å². The molecule has 0 atom stereocenters. The summed E-state index contributed by atoms with van der Waals surface area (Å²) in [5, 5.41) is 7.21. The Hall–Kier alpha value is -1.91. The van der Waals surface area contributed by atoms with Gasteiger partial charge in [0.15, 0.2) is 11.5 Å². The highest BCUT2D eigenvalue weighted by atomic mass is 16.5. The second kappa shape index (κ2) is 5.98. The predicted molar refractivity (Wildman–Crippen MR) is 66.3 cm³/mol. The van der Waals surface area contributed by atoms with Gasteiger partial charge in [0, 0.05) is 6.42 Å². The molecule has 17 heavy (non-hydrogen) atoms. The monoisotopic (exact) mass is 238 g/mol. The first-order valence-electron chi connectivity index (χ1n) is 5.24. The first-order valence-corrected chi connectivity index (χ1v) is 5.24. The highest BCUT2D eigenvalue weighted by Crippen LogP contribution is 2.38. The van der Waals surface area contributed by atoms with Gasteiger partial charge in [-0.1, -0.05) is 0 Å². The van der Waals surface area contributed by atoms with Gasteiger partial charge >= 0.3 is 0 Å². The second-order valence-corrected chi connectivity index (χ2v) is 3.56. The average molecular weight is 238 g/mol. The van der Waals surface area contributed by atoms with Gasteiger partial charge in [0.1, 0.15) is 0 Å². The third-order valence-corrected chi connectivity index (χ3v) is 2.41. The zero-order valence-corrected chi connectivity index (χ0v) is 10.4. The molecule has 1 rings (SSSR count). The van der Waals surface area contributed by atoms with Crippen LogP contribution in [0.15, 0.2) is 12.1 Å². The van der Waals surface area contributed by atoms with Crippen LogP contribution in [0.2, 0.25) is 0 Å². The summed E-state index contributed by atoms with van der Waals surface area (Å²) in [6.07, 6.45) is 1.19. The summed E-state index contributed by atoms with van der Waals surface area (Å²) < 4.78 is 15.7. The topological polar surface area (TPSA) is 77.6 Å². The van der Waals surface area contributed by atoms with Gasteiger partial charge in [-0.25, -0.2) is 0 Å². The minimum Gasteiger partial charge on any atom is -0.493 e. The Kier molecular flexibility index (Phi) is 4.63. The second-order valence-electron chi connectivity index (χ2n) is 3.56. The number of hydrogen-bond donors (Lipinski definition) is 2. The van der Waals surface area contributed by atoms with E-state index in [1.54, 1.807) is 21.3 Å². The Bertz CT molecular complexity index is 380. The SMILES string of the molecule is COc1cc(CCC(=N)N)cc(OC)c1OC. The smallest absolute Gasteiger partial charge is 0.203 e. The van der Waals surface area contributed by atoms with Crippen LogP contribution in [-0.4, -0.2) is 27.2 Å². The lowest BCUT2D eigenvalue weighted by molar-refractivity contribution is 0.324. The van der Waals surface area contributed by atoms with Crippen molar-refractivity contribution in [2.24, 2.45) is 5.73 Å². The molecule has 0 aliphatic rings. The van der Waals surface area contributed by atoms with Crippen LogP contribution in [0, 0.1) is 5.41 Å². The quantitative estimate of drug-likeness (QED) is 0.582. The molecule has 0 amide bonds. The minimum absolute atomic E-state index is 0.166. The first kappa shape index (κ1) is 13.2. The Labute approximate surface area is 101 Å². The van der Waals surface area contributed by atoms with E-state index < -0.39 is 0 Å². The van der Waals surface area contributed by atoms with Crippen molar-refractivity contribution in [1.82, 2.24) is 0 Å². The highest BCUT2D eigenvalue weighted by Gasteiger charge is 2.12. The first-order chi connectivity index (χ1) is 8.12. The van der Waals surface area contributed by atoms with Gasteiger partial charge in [0.05, 0.1) is 27.2 Å². The van der Waals surface area contributed by atoms with Crippen LogP contribution in [0.1, 0.15) is 12.0 Å². The van der Waals surface area contributed by atoms with Gasteiger partial charge in [0.25, 0.3) is 0 Å². The predicted octanol–water partition coefficient (Wildman–Crippen LogP) is 1.58. The Morgan fingerprint density at radius 1 is 1.12 bits per heavy atom. The number of nitrogens with one attached hydrogen (secondary N) is 1. The summed E-state index contributed by atoms with van der Waals surface area (Å²) in [5.41, 5.74) is 6.33. The van der Waals surface area contributed by atoms with Crippen LogP contribution in [-0.2, 0) is 6.42 Å². The molecule has 0 fully saturated rings. The van der Waals surface area contributed by atoms with Crippen molar-refractivity contribution < 1.29 is 14.2 Å². The molecule has 1 aromatic rings. The van der Waals surface area contributed by atoms with Gasteiger partial charge in [-0.05, 0) is 24.1 Å². The average Bonchev–Trinajstić information content (AvgIpc) is 2.34. The molecule has 0 bridgehead atoms. The fraction of sp³-hybridized carbons (Fsp3) is 0.417. The number of methoxy groups -OCH3 is 3. The van der Waals surface area contributed by atoms with Crippen molar-refractivity contribution in [3.63, 3.8) is 0 Å². The fourth-order valence-electron chi connectivity index (χ4n) is 1.56. The van der Waals surface area contributed by atoms with E-state index in [-0.39, 0.29) is 5.84 Å². The Balaban J connectivity index is 3.04. The molecule has 0 radical (unpaired) electrons. The van der Waals surface area contributed by atoms with E-state index in [0.29, 0.717) is 30.1 Å². The maximum Gasteiger partial charge on any atom is 0.203 e. The lowest BCUT2D eigenvalue weighted by atomic mass is 10.1. The molecule has 0 saturated heterocycles. The summed E-state index contributed by atoms with van der Waals surface area (Å²) in [7, 11) is 4.72. The van der Waals surface area contributed by atoms with Crippen LogP contribution < -0.4 is 19.9 Å². The molecule has 0 heterocycles. The molecular formula is C12H18N2O3. The molecule has 1 aromatic carbocycles. The van der Waals surface area contributed by atoms with Crippen molar-refractivity contribution in [2.75, 3.05) is 21.3 Å². The molecule has 0 aliphatic carbocycles. The van der Waals surface area contributed by atoms with Crippen LogP contribution in [0.5, 0.6) is 17.2 Å². The number of aryl methyl sites for hydroxylation is 1. The molecular weight excluding hydrogens is 220 g/mol. The molecule has 0 spiro atoms. The summed E-state index contributed by atoms with van der Waals surface area (Å²) in [6, 6.07) is 3.73. The molecule has 0 unspecified atom stereocenters. The molecule has 94 valence electrons. The summed E-state index contributed by atoms with van der Waals surface area (Å²) in [6.45, 7) is 0. The zero-order chi connectivity index (χ0) is 12.8. The Morgan fingerprint density at radius 2 is 1.65 bits per heavy atom. The van der Waals surface area contributed by atoms with E-state index in [4.69, 9.17) is 25.4 Å². The van der Waals surface area contributed by atoms with E-state index in [1.807, 2.05) is 12.1 Å². The number of amidine groups is 1. The third kappa shape index (κ3) is 3.27. The molecule has 0 aliphatic heterocycles. The third-order valence-electron chi connectivity index (χ3n) is 2.41. The van der Waals surface area contributed by atoms with E-state index in [2.05, 4.69) is 0 Å². The Morgan fingerprint density at radius 3 is 2.00 bits per heavy atom. The molecule has 3 N–H and O–H groups in total. The number of rotatable bonds is 6. The number of nitrogens with two attached hydrogens (primary N) is 1. The van der Waals surface area contributed by atoms with E-state index in [0.717, 1.165) is 5.56 Å². The molecule has 0 aromatic heterocycles. The minimum atomic E-state index is 0.166. The standard InChI is InChI=1S/C12H18N2O3/c1-15-9-6-8(4-5-11(13)14)7-10(16-2)12(9)17-3/h6-7H,4-5H2,1-3H3,(H3,13,14). The normalized spacial score (nSPS) is 9.82. The van der Waals surface area contributed by atoms with Crippen LogP contribution >= 0.6 is 0 Å². The van der Waals surface area contributed by atoms with Crippen LogP contribution in [0.3, 0.4) is 0 Å². The van der Waals surface area contributed by atoms with Crippen molar-refractivity contribution in [2.45, 2.75) is 12.8 Å². The number of hydrogen-bond acceptors (Lipinski definition) is 4. The maximum atomic E-state index is 7.21. The summed E-state index contributed by atoms with van der Waals surface area (Å²) in [5.74, 6) is 1.97. The summed E-state index contributed by atoms with van der Waals surface area (Å²) >= 11 is 0. The molecule has 0 saturated carbocycles. The largest absolute Gasteiger partial charge is 0.493 e. The van der Waals surface area contributed by atoms with Gasteiger partial charge in [-0.3, -0.25) is 5.41 Å². The summed E-state index contributed by atoms with van der Waals surface area (Å²) in [4.78, 5) is 0. The van der Waals surface area contributed by atoms with Crippen molar-refractivity contribution >= 4 is 5.84 Å². The van der Waals surface area contributed by atoms with E-state index in [1.165, 1.54) is 0 Å². The fourth-order valence-corrected chi connectivity index (χ4v) is 1.56. The number of benzene rings is 1. The zero-order valence-electron chi connectivity index (χ0n) is 10.4. The van der Waals surface area contributed by atoms with E-state index in [9.17, 15) is 0 Å². The maximum absolute atomic E-state index is 7.21. The van der Waals surface area contributed by atoms with Crippen LogP contribution in [0.25, 0.3) is 0 Å². The number of ether oxygens (including phenoxy) is 3. The van der Waals surface area contributed by atoms with E-state index >= 15 is 0 Å². The highest BCUT2D eigenvalue weighted by molar-refractivity contribution is 5.77. The lowest BCUT2D eigenvalue weighted by Crippen LogP contribution is -2.10. The lowest BCUT2D eigenvalue weighted by Gasteiger charge is -2.13. The van der Waals surface area contributed by atoms with Gasteiger partial charge in [-0.15, -0.1) is 0 Å². The molecule has 5 heteroatoms. The molecule has 5 nitrogen and oxygen atoms in total. The van der Waals surface area contributed by atoms with Crippen LogP contribution in [0.4, 0.5) is 0 Å². The van der Waals surface area contributed by atoms with Crippen molar-refractivity contribution in [3.8, 4) is 17.2 Å². The van der Waals surface area contributed by atoms with Gasteiger partial charge in [-0.2, -0.15) is 0 Å². The van der Waals surface area contributed by atoms with Crippen molar-refractivity contribution in [3.05, 3.63) is 17.7 Å². The van der Waals surface area contributed by atoms with Gasteiger partial charge < -0.3 is 19.9 Å². The van der Waals surface area contributed by atoms with Gasteiger partial charge in [0.2, 0.25) is 5.75 Å².